The van der Waals surface area contributed by atoms with Crippen LogP contribution in [0.5, 0.6) is 0 Å². The summed E-state index contributed by atoms with van der Waals surface area (Å²) in [7, 11) is 0. The first-order valence-corrected chi connectivity index (χ1v) is 4.93. The zero-order valence-corrected chi connectivity index (χ0v) is 8.70. The van der Waals surface area contributed by atoms with E-state index in [4.69, 9.17) is 0 Å². The second kappa shape index (κ2) is 3.53. The van der Waals surface area contributed by atoms with Crippen LogP contribution in [-0.4, -0.2) is 35.1 Å². The lowest BCUT2D eigenvalue weighted by Crippen LogP contribution is -2.57. The van der Waals surface area contributed by atoms with Crippen LogP contribution >= 0.6 is 0 Å². The van der Waals surface area contributed by atoms with E-state index in [-0.39, 0.29) is 5.54 Å². The van der Waals surface area contributed by atoms with Crippen molar-refractivity contribution in [2.24, 2.45) is 0 Å². The monoisotopic (exact) mass is 192 g/mol. The predicted octanol–water partition coefficient (Wildman–Crippen LogP) is 0.665. The molecule has 4 heteroatoms. The van der Waals surface area contributed by atoms with Crippen LogP contribution in [0.25, 0.3) is 0 Å². The third kappa shape index (κ3) is 2.01. The Labute approximate surface area is 84.4 Å². The number of nitrogens with one attached hydrogen (secondary N) is 1. The zero-order chi connectivity index (χ0) is 10.0. The molecule has 0 spiro atoms. The van der Waals surface area contributed by atoms with Gasteiger partial charge in [-0.2, -0.15) is 0 Å². The van der Waals surface area contributed by atoms with E-state index in [0.717, 1.165) is 25.5 Å². The SMILES string of the molecule is CC1(C)CN(c2cnccn2)CCN1. The van der Waals surface area contributed by atoms with Gasteiger partial charge in [0.05, 0.1) is 6.20 Å². The number of anilines is 1. The van der Waals surface area contributed by atoms with Gasteiger partial charge >= 0.3 is 0 Å². The maximum Gasteiger partial charge on any atom is 0.147 e. The third-order valence-electron chi connectivity index (χ3n) is 2.44. The van der Waals surface area contributed by atoms with Crippen molar-refractivity contribution < 1.29 is 0 Å². The number of hydrogen-bond acceptors (Lipinski definition) is 4. The molecule has 1 aromatic rings. The number of aromatic nitrogens is 2. The molecule has 76 valence electrons. The van der Waals surface area contributed by atoms with Crippen LogP contribution in [0.4, 0.5) is 5.82 Å². The molecule has 1 N–H and O–H groups in total. The molecule has 0 amide bonds. The average molecular weight is 192 g/mol. The lowest BCUT2D eigenvalue weighted by atomic mass is 10.0. The van der Waals surface area contributed by atoms with Gasteiger partial charge in [0.15, 0.2) is 0 Å². The highest BCUT2D eigenvalue weighted by molar-refractivity contribution is 5.36. The summed E-state index contributed by atoms with van der Waals surface area (Å²) in [5.74, 6) is 0.974. The van der Waals surface area contributed by atoms with Crippen molar-refractivity contribution in [3.63, 3.8) is 0 Å². The molecule has 1 fully saturated rings. The maximum absolute atomic E-state index is 4.30. The zero-order valence-electron chi connectivity index (χ0n) is 8.70. The Bertz CT molecular complexity index is 296. The van der Waals surface area contributed by atoms with E-state index in [0.29, 0.717) is 0 Å². The summed E-state index contributed by atoms with van der Waals surface area (Å²) in [5, 5.41) is 3.47. The van der Waals surface area contributed by atoms with Gasteiger partial charge in [-0.3, -0.25) is 4.98 Å². The first-order chi connectivity index (χ1) is 6.67. The molecule has 0 atom stereocenters. The van der Waals surface area contributed by atoms with Gasteiger partial charge in [0, 0.05) is 37.6 Å². The van der Waals surface area contributed by atoms with Crippen molar-refractivity contribution in [1.29, 1.82) is 0 Å². The lowest BCUT2D eigenvalue weighted by molar-refractivity contribution is 0.351. The molecule has 1 aliphatic heterocycles. The summed E-state index contributed by atoms with van der Waals surface area (Å²) in [4.78, 5) is 10.7. The van der Waals surface area contributed by atoms with E-state index in [1.54, 1.807) is 12.4 Å². The molecule has 1 aliphatic rings. The van der Waals surface area contributed by atoms with Crippen LogP contribution in [0.3, 0.4) is 0 Å². The van der Waals surface area contributed by atoms with Gasteiger partial charge in [0.25, 0.3) is 0 Å². The lowest BCUT2D eigenvalue weighted by Gasteiger charge is -2.39. The molecule has 0 aliphatic carbocycles. The van der Waals surface area contributed by atoms with E-state index >= 15 is 0 Å². The maximum atomic E-state index is 4.30. The minimum Gasteiger partial charge on any atom is -0.352 e. The number of hydrogen-bond donors (Lipinski definition) is 1. The van der Waals surface area contributed by atoms with Gasteiger partial charge in [-0.15, -0.1) is 0 Å². The largest absolute Gasteiger partial charge is 0.352 e. The van der Waals surface area contributed by atoms with Gasteiger partial charge in [0.2, 0.25) is 0 Å². The fraction of sp³-hybridized carbons (Fsp3) is 0.600. The van der Waals surface area contributed by atoms with E-state index in [2.05, 4.69) is 34.0 Å². The highest BCUT2D eigenvalue weighted by Gasteiger charge is 2.26. The van der Waals surface area contributed by atoms with Crippen LogP contribution in [0, 0.1) is 0 Å². The molecular weight excluding hydrogens is 176 g/mol. The topological polar surface area (TPSA) is 41.1 Å². The molecule has 4 nitrogen and oxygen atoms in total. The van der Waals surface area contributed by atoms with E-state index in [1.165, 1.54) is 0 Å². The number of piperazine rings is 1. The molecule has 2 rings (SSSR count). The quantitative estimate of drug-likeness (QED) is 0.710. The molecule has 1 aromatic heterocycles. The fourth-order valence-corrected chi connectivity index (χ4v) is 1.79. The Hall–Kier alpha value is -1.16. The van der Waals surface area contributed by atoms with E-state index < -0.39 is 0 Å². The molecule has 0 saturated carbocycles. The normalized spacial score (nSPS) is 20.9. The van der Waals surface area contributed by atoms with Crippen molar-refractivity contribution in [3.8, 4) is 0 Å². The van der Waals surface area contributed by atoms with Gasteiger partial charge in [0.1, 0.15) is 5.82 Å². The Balaban J connectivity index is 2.12. The molecule has 0 bridgehead atoms. The molecule has 0 unspecified atom stereocenters. The summed E-state index contributed by atoms with van der Waals surface area (Å²) in [6.45, 7) is 7.39. The van der Waals surface area contributed by atoms with Crippen LogP contribution in [0.2, 0.25) is 0 Å². The average Bonchev–Trinajstić information content (AvgIpc) is 2.18. The minimum atomic E-state index is 0.162. The molecule has 0 radical (unpaired) electrons. The summed E-state index contributed by atoms with van der Waals surface area (Å²) >= 11 is 0. The molecule has 2 heterocycles. The highest BCUT2D eigenvalue weighted by Crippen LogP contribution is 2.15. The van der Waals surface area contributed by atoms with Crippen molar-refractivity contribution in [2.75, 3.05) is 24.5 Å². The standard InChI is InChI=1S/C10H16N4/c1-10(2)8-14(6-5-13-10)9-7-11-3-4-12-9/h3-4,7,13H,5-6,8H2,1-2H3. The van der Waals surface area contributed by atoms with Crippen molar-refractivity contribution in [3.05, 3.63) is 18.6 Å². The summed E-state index contributed by atoms with van der Waals surface area (Å²) in [6.07, 6.45) is 5.27. The van der Waals surface area contributed by atoms with Gasteiger partial charge in [-0.05, 0) is 13.8 Å². The number of rotatable bonds is 1. The van der Waals surface area contributed by atoms with Crippen LogP contribution < -0.4 is 10.2 Å². The molecule has 14 heavy (non-hydrogen) atoms. The summed E-state index contributed by atoms with van der Waals surface area (Å²) in [6, 6.07) is 0. The Morgan fingerprint density at radius 3 is 2.93 bits per heavy atom. The summed E-state index contributed by atoms with van der Waals surface area (Å²) < 4.78 is 0. The smallest absolute Gasteiger partial charge is 0.147 e. The van der Waals surface area contributed by atoms with E-state index in [9.17, 15) is 0 Å². The Kier molecular flexibility index (Phi) is 2.37. The van der Waals surface area contributed by atoms with Crippen molar-refractivity contribution in [1.82, 2.24) is 15.3 Å². The van der Waals surface area contributed by atoms with E-state index in [1.807, 2.05) is 6.20 Å². The first-order valence-electron chi connectivity index (χ1n) is 4.93. The second-order valence-corrected chi connectivity index (χ2v) is 4.30. The second-order valence-electron chi connectivity index (χ2n) is 4.30. The summed E-state index contributed by atoms with van der Waals surface area (Å²) in [5.41, 5.74) is 0.162. The van der Waals surface area contributed by atoms with Gasteiger partial charge < -0.3 is 10.2 Å². The fourth-order valence-electron chi connectivity index (χ4n) is 1.79. The molecule has 0 aromatic carbocycles. The van der Waals surface area contributed by atoms with Crippen molar-refractivity contribution >= 4 is 5.82 Å². The first kappa shape index (κ1) is 9.40. The van der Waals surface area contributed by atoms with Gasteiger partial charge in [-0.1, -0.05) is 0 Å². The minimum absolute atomic E-state index is 0.162. The van der Waals surface area contributed by atoms with Crippen molar-refractivity contribution in [2.45, 2.75) is 19.4 Å². The van der Waals surface area contributed by atoms with Gasteiger partial charge in [-0.25, -0.2) is 4.98 Å². The Morgan fingerprint density at radius 2 is 2.29 bits per heavy atom. The molecule has 1 saturated heterocycles. The van der Waals surface area contributed by atoms with Crippen LogP contribution in [0.15, 0.2) is 18.6 Å². The number of nitrogens with zero attached hydrogens (tertiary/aromatic N) is 3. The van der Waals surface area contributed by atoms with Crippen LogP contribution in [-0.2, 0) is 0 Å². The predicted molar refractivity (Wildman–Crippen MR) is 56.3 cm³/mol. The Morgan fingerprint density at radius 1 is 1.43 bits per heavy atom. The third-order valence-corrected chi connectivity index (χ3v) is 2.44. The van der Waals surface area contributed by atoms with Crippen LogP contribution in [0.1, 0.15) is 13.8 Å². The molecular formula is C10H16N4. The highest BCUT2D eigenvalue weighted by atomic mass is 15.3.